The number of carboxylic acid groups (broad SMARTS) is 1. The molecule has 0 unspecified atom stereocenters. The normalized spacial score (nSPS) is 10.5. The van der Waals surface area contributed by atoms with E-state index in [0.717, 1.165) is 11.0 Å². The first-order valence-corrected chi connectivity index (χ1v) is 5.57. The highest BCUT2D eigenvalue weighted by Crippen LogP contribution is 2.21. The summed E-state index contributed by atoms with van der Waals surface area (Å²) < 4.78 is 1.46. The Morgan fingerprint density at radius 2 is 2.11 bits per heavy atom. The maximum atomic E-state index is 12.1. The van der Waals surface area contributed by atoms with Gasteiger partial charge in [-0.15, -0.1) is 0 Å². The topological polar surface area (TPSA) is 106 Å². The minimum atomic E-state index is -1.15. The zero-order valence-electron chi connectivity index (χ0n) is 10.9. The number of nitro groups is 1. The van der Waals surface area contributed by atoms with Crippen molar-refractivity contribution in [2.24, 2.45) is 0 Å². The lowest BCUT2D eigenvalue weighted by atomic mass is 10.3. The highest BCUT2D eigenvalue weighted by molar-refractivity contribution is 5.95. The molecule has 0 aliphatic heterocycles. The summed E-state index contributed by atoms with van der Waals surface area (Å²) in [7, 11) is 1.33. The van der Waals surface area contributed by atoms with Gasteiger partial charge >= 0.3 is 5.97 Å². The fourth-order valence-corrected chi connectivity index (χ4v) is 1.63. The van der Waals surface area contributed by atoms with Crippen LogP contribution in [0.5, 0.6) is 0 Å². The van der Waals surface area contributed by atoms with Crippen LogP contribution in [0.15, 0.2) is 12.3 Å². The number of hydrogen-bond acceptors (Lipinski definition) is 4. The quantitative estimate of drug-likeness (QED) is 0.637. The molecular formula is C11H15N3O5. The van der Waals surface area contributed by atoms with Gasteiger partial charge in [0.05, 0.1) is 11.1 Å². The molecule has 1 heterocycles. The van der Waals surface area contributed by atoms with E-state index in [-0.39, 0.29) is 17.4 Å². The zero-order valence-corrected chi connectivity index (χ0v) is 10.9. The lowest BCUT2D eigenvalue weighted by molar-refractivity contribution is -0.384. The van der Waals surface area contributed by atoms with Gasteiger partial charge in [-0.05, 0) is 13.8 Å². The van der Waals surface area contributed by atoms with Gasteiger partial charge in [0.1, 0.15) is 12.2 Å². The van der Waals surface area contributed by atoms with Crippen molar-refractivity contribution in [2.75, 3.05) is 13.6 Å². The Kier molecular flexibility index (Phi) is 4.26. The van der Waals surface area contributed by atoms with Gasteiger partial charge < -0.3 is 14.6 Å². The van der Waals surface area contributed by atoms with Gasteiger partial charge in [0.15, 0.2) is 0 Å². The number of hydrogen-bond donors (Lipinski definition) is 1. The Labute approximate surface area is 109 Å². The minimum absolute atomic E-state index is 0.102. The molecule has 0 fully saturated rings. The summed E-state index contributed by atoms with van der Waals surface area (Å²) in [4.78, 5) is 33.8. The van der Waals surface area contributed by atoms with E-state index in [0.29, 0.717) is 0 Å². The molecule has 0 aromatic carbocycles. The molecule has 0 aliphatic carbocycles. The Bertz CT molecular complexity index is 520. The third kappa shape index (κ3) is 3.30. The number of aromatic nitrogens is 1. The highest BCUT2D eigenvalue weighted by Gasteiger charge is 2.23. The van der Waals surface area contributed by atoms with Crippen molar-refractivity contribution in [3.8, 4) is 0 Å². The Morgan fingerprint density at radius 3 is 2.53 bits per heavy atom. The van der Waals surface area contributed by atoms with Crippen LogP contribution in [-0.4, -0.2) is 45.0 Å². The van der Waals surface area contributed by atoms with E-state index in [9.17, 15) is 19.7 Å². The number of rotatable bonds is 5. The van der Waals surface area contributed by atoms with Crippen molar-refractivity contribution in [3.05, 3.63) is 28.1 Å². The largest absolute Gasteiger partial charge is 0.480 e. The summed E-state index contributed by atoms with van der Waals surface area (Å²) >= 11 is 0. The number of amides is 1. The van der Waals surface area contributed by atoms with Crippen LogP contribution in [0, 0.1) is 10.1 Å². The van der Waals surface area contributed by atoms with Crippen molar-refractivity contribution in [3.63, 3.8) is 0 Å². The first kappa shape index (κ1) is 14.7. The van der Waals surface area contributed by atoms with E-state index >= 15 is 0 Å². The average molecular weight is 269 g/mol. The maximum absolute atomic E-state index is 12.1. The maximum Gasteiger partial charge on any atom is 0.323 e. The van der Waals surface area contributed by atoms with Crippen molar-refractivity contribution in [1.29, 1.82) is 0 Å². The van der Waals surface area contributed by atoms with Crippen molar-refractivity contribution >= 4 is 17.6 Å². The Morgan fingerprint density at radius 1 is 1.53 bits per heavy atom. The van der Waals surface area contributed by atoms with Crippen LogP contribution in [0.4, 0.5) is 5.69 Å². The first-order chi connectivity index (χ1) is 8.73. The molecule has 0 atom stereocenters. The molecule has 1 amide bonds. The molecule has 1 aromatic rings. The van der Waals surface area contributed by atoms with Crippen LogP contribution in [0.1, 0.15) is 30.4 Å². The van der Waals surface area contributed by atoms with Crippen LogP contribution in [0.3, 0.4) is 0 Å². The van der Waals surface area contributed by atoms with Gasteiger partial charge in [0, 0.05) is 19.2 Å². The first-order valence-electron chi connectivity index (χ1n) is 5.57. The third-order valence-corrected chi connectivity index (χ3v) is 2.54. The van der Waals surface area contributed by atoms with Gasteiger partial charge in [-0.25, -0.2) is 0 Å². The number of aliphatic carboxylic acids is 1. The molecule has 0 saturated heterocycles. The van der Waals surface area contributed by atoms with Gasteiger partial charge in [0.2, 0.25) is 0 Å². The van der Waals surface area contributed by atoms with E-state index in [1.807, 2.05) is 0 Å². The molecule has 8 nitrogen and oxygen atoms in total. The van der Waals surface area contributed by atoms with Crippen molar-refractivity contribution < 1.29 is 19.6 Å². The van der Waals surface area contributed by atoms with E-state index in [4.69, 9.17) is 5.11 Å². The summed E-state index contributed by atoms with van der Waals surface area (Å²) in [5, 5.41) is 19.4. The lowest BCUT2D eigenvalue weighted by Crippen LogP contribution is -2.33. The molecular weight excluding hydrogens is 254 g/mol. The fraction of sp³-hybridized carbons (Fsp3) is 0.455. The monoisotopic (exact) mass is 269 g/mol. The van der Waals surface area contributed by atoms with Gasteiger partial charge in [-0.3, -0.25) is 19.7 Å². The van der Waals surface area contributed by atoms with E-state index in [1.165, 1.54) is 17.8 Å². The molecule has 1 rings (SSSR count). The van der Waals surface area contributed by atoms with Gasteiger partial charge in [-0.2, -0.15) is 0 Å². The summed E-state index contributed by atoms with van der Waals surface area (Å²) in [5.74, 6) is -1.71. The van der Waals surface area contributed by atoms with E-state index in [1.54, 1.807) is 13.8 Å². The second-order valence-electron chi connectivity index (χ2n) is 4.40. The predicted octanol–water partition coefficient (Wildman–Crippen LogP) is 1.13. The summed E-state index contributed by atoms with van der Waals surface area (Å²) in [6.45, 7) is 3.09. The molecule has 0 radical (unpaired) electrons. The standard InChI is InChI=1S/C11H15N3O5/c1-7(2)13-5-8(14(18)19)4-9(13)11(17)12(3)6-10(15)16/h4-5,7H,6H2,1-3H3,(H,15,16). The van der Waals surface area contributed by atoms with Crippen LogP contribution >= 0.6 is 0 Å². The molecule has 1 aromatic heterocycles. The SMILES string of the molecule is CC(C)n1cc([N+](=O)[O-])cc1C(=O)N(C)CC(=O)O. The number of carbonyl (C=O) groups excluding carboxylic acids is 1. The molecule has 0 bridgehead atoms. The molecule has 8 heteroatoms. The number of carbonyl (C=O) groups is 2. The number of carboxylic acids is 1. The van der Waals surface area contributed by atoms with Crippen LogP contribution in [0.25, 0.3) is 0 Å². The zero-order chi connectivity index (χ0) is 14.7. The van der Waals surface area contributed by atoms with E-state index < -0.39 is 23.3 Å². The number of likely N-dealkylation sites (N-methyl/N-ethyl adjacent to an activating group) is 1. The molecule has 0 aliphatic rings. The van der Waals surface area contributed by atoms with Crippen molar-refractivity contribution in [1.82, 2.24) is 9.47 Å². The molecule has 0 spiro atoms. The smallest absolute Gasteiger partial charge is 0.323 e. The highest BCUT2D eigenvalue weighted by atomic mass is 16.6. The summed E-state index contributed by atoms with van der Waals surface area (Å²) in [6, 6.07) is 1.01. The predicted molar refractivity (Wildman–Crippen MR) is 66.1 cm³/mol. The van der Waals surface area contributed by atoms with Crippen LogP contribution in [0.2, 0.25) is 0 Å². The average Bonchev–Trinajstić information content (AvgIpc) is 2.71. The molecule has 0 saturated carbocycles. The van der Waals surface area contributed by atoms with Gasteiger partial charge in [0.25, 0.3) is 11.6 Å². The number of nitrogens with zero attached hydrogens (tertiary/aromatic N) is 3. The van der Waals surface area contributed by atoms with Gasteiger partial charge in [-0.1, -0.05) is 0 Å². The van der Waals surface area contributed by atoms with Crippen LogP contribution in [-0.2, 0) is 4.79 Å². The second-order valence-corrected chi connectivity index (χ2v) is 4.40. The molecule has 19 heavy (non-hydrogen) atoms. The van der Waals surface area contributed by atoms with Crippen LogP contribution < -0.4 is 0 Å². The Balaban J connectivity index is 3.14. The fourth-order valence-electron chi connectivity index (χ4n) is 1.63. The van der Waals surface area contributed by atoms with Crippen molar-refractivity contribution in [2.45, 2.75) is 19.9 Å². The summed E-state index contributed by atoms with van der Waals surface area (Å²) in [5.41, 5.74) is -0.0915. The third-order valence-electron chi connectivity index (χ3n) is 2.54. The second kappa shape index (κ2) is 5.51. The minimum Gasteiger partial charge on any atom is -0.480 e. The van der Waals surface area contributed by atoms with E-state index in [2.05, 4.69) is 0 Å². The lowest BCUT2D eigenvalue weighted by Gasteiger charge is -2.17. The molecule has 104 valence electrons. The molecule has 1 N–H and O–H groups in total. The summed E-state index contributed by atoms with van der Waals surface area (Å²) in [6.07, 6.45) is 1.27. The Hall–Kier alpha value is -2.38.